The fraction of sp³-hybridized carbons (Fsp3) is 0.600. The maximum atomic E-state index is 12.1. The van der Waals surface area contributed by atoms with Crippen LogP contribution in [0.15, 0.2) is 23.1 Å². The zero-order valence-electron chi connectivity index (χ0n) is 11.2. The molecule has 1 amide bonds. The Morgan fingerprint density at radius 3 is 2.89 bits per heavy atom. The number of H-pyrrole nitrogens is 1. The van der Waals surface area contributed by atoms with Gasteiger partial charge in [0.15, 0.2) is 0 Å². The highest BCUT2D eigenvalue weighted by molar-refractivity contribution is 5.93. The van der Waals surface area contributed by atoms with Gasteiger partial charge in [0.25, 0.3) is 11.5 Å². The van der Waals surface area contributed by atoms with Crippen molar-refractivity contribution in [1.82, 2.24) is 10.3 Å². The number of hydrogen-bond acceptors (Lipinski definition) is 2. The Bertz CT molecular complexity index is 537. The van der Waals surface area contributed by atoms with E-state index in [9.17, 15) is 9.59 Å². The smallest absolute Gasteiger partial charge is 0.260 e. The number of fused-ring (bicyclic) bond motifs is 2. The average Bonchev–Trinajstić information content (AvgIpc) is 3.01. The van der Waals surface area contributed by atoms with Gasteiger partial charge in [0.2, 0.25) is 0 Å². The predicted octanol–water partition coefficient (Wildman–Crippen LogP) is 1.93. The Balaban J connectivity index is 1.67. The SMILES string of the molecule is C[C@H](NC(=O)c1ccc[nH]c1=O)[C@@H]1C[C@H]2CC[C@H]1C2. The topological polar surface area (TPSA) is 62.0 Å². The highest BCUT2D eigenvalue weighted by Crippen LogP contribution is 2.49. The van der Waals surface area contributed by atoms with Crippen molar-refractivity contribution in [3.05, 3.63) is 34.2 Å². The summed E-state index contributed by atoms with van der Waals surface area (Å²) in [6, 6.07) is 3.41. The minimum Gasteiger partial charge on any atom is -0.349 e. The molecule has 2 saturated carbocycles. The van der Waals surface area contributed by atoms with E-state index in [0.717, 1.165) is 11.8 Å². The molecule has 3 rings (SSSR count). The summed E-state index contributed by atoms with van der Waals surface area (Å²) < 4.78 is 0. The molecule has 19 heavy (non-hydrogen) atoms. The van der Waals surface area contributed by atoms with Crippen LogP contribution in [0.5, 0.6) is 0 Å². The monoisotopic (exact) mass is 260 g/mol. The second-order valence-electron chi connectivity index (χ2n) is 6.01. The van der Waals surface area contributed by atoms with Crippen LogP contribution in [0.2, 0.25) is 0 Å². The molecule has 0 aliphatic heterocycles. The van der Waals surface area contributed by atoms with Gasteiger partial charge in [-0.1, -0.05) is 6.42 Å². The van der Waals surface area contributed by atoms with Gasteiger partial charge in [-0.05, 0) is 56.1 Å². The fourth-order valence-electron chi connectivity index (χ4n) is 3.90. The summed E-state index contributed by atoms with van der Waals surface area (Å²) >= 11 is 0. The van der Waals surface area contributed by atoms with Crippen LogP contribution in [0.25, 0.3) is 0 Å². The van der Waals surface area contributed by atoms with Crippen LogP contribution >= 0.6 is 0 Å². The summed E-state index contributed by atoms with van der Waals surface area (Å²) in [5.74, 6) is 1.98. The zero-order valence-corrected chi connectivity index (χ0v) is 11.2. The Labute approximate surface area is 112 Å². The van der Waals surface area contributed by atoms with Gasteiger partial charge in [0.1, 0.15) is 5.56 Å². The largest absolute Gasteiger partial charge is 0.349 e. The predicted molar refractivity (Wildman–Crippen MR) is 72.9 cm³/mol. The maximum Gasteiger partial charge on any atom is 0.260 e. The molecule has 4 nitrogen and oxygen atoms in total. The summed E-state index contributed by atoms with van der Waals surface area (Å²) in [7, 11) is 0. The molecule has 0 saturated heterocycles. The molecule has 0 spiro atoms. The van der Waals surface area contributed by atoms with E-state index >= 15 is 0 Å². The number of carbonyl (C=O) groups excluding carboxylic acids is 1. The highest BCUT2D eigenvalue weighted by atomic mass is 16.2. The van der Waals surface area contributed by atoms with Gasteiger partial charge in [-0.3, -0.25) is 9.59 Å². The normalized spacial score (nSPS) is 30.3. The van der Waals surface area contributed by atoms with Crippen molar-refractivity contribution in [3.8, 4) is 0 Å². The van der Waals surface area contributed by atoms with E-state index < -0.39 is 0 Å². The molecule has 4 heteroatoms. The molecular formula is C15H20N2O2. The summed E-state index contributed by atoms with van der Waals surface area (Å²) in [5.41, 5.74) is -0.113. The molecule has 0 unspecified atom stereocenters. The molecule has 1 aromatic heterocycles. The van der Waals surface area contributed by atoms with Gasteiger partial charge in [0.05, 0.1) is 0 Å². The van der Waals surface area contributed by atoms with Crippen LogP contribution in [0.1, 0.15) is 43.0 Å². The van der Waals surface area contributed by atoms with Crippen molar-refractivity contribution in [2.45, 2.75) is 38.6 Å². The number of hydrogen-bond donors (Lipinski definition) is 2. The van der Waals surface area contributed by atoms with Crippen LogP contribution in [0.3, 0.4) is 0 Å². The van der Waals surface area contributed by atoms with E-state index in [-0.39, 0.29) is 23.1 Å². The van der Waals surface area contributed by atoms with Gasteiger partial charge in [-0.15, -0.1) is 0 Å². The minimum atomic E-state index is -0.319. The minimum absolute atomic E-state index is 0.155. The number of pyridine rings is 1. The number of amides is 1. The summed E-state index contributed by atoms with van der Waals surface area (Å²) in [6.45, 7) is 2.07. The van der Waals surface area contributed by atoms with Crippen LogP contribution in [-0.4, -0.2) is 16.9 Å². The number of nitrogens with one attached hydrogen (secondary N) is 2. The van der Waals surface area contributed by atoms with Gasteiger partial charge in [-0.2, -0.15) is 0 Å². The van der Waals surface area contributed by atoms with Crippen molar-refractivity contribution in [1.29, 1.82) is 0 Å². The van der Waals surface area contributed by atoms with E-state index in [4.69, 9.17) is 0 Å². The molecular weight excluding hydrogens is 240 g/mol. The third-order valence-electron chi connectivity index (χ3n) is 4.86. The number of aromatic amines is 1. The van der Waals surface area contributed by atoms with Crippen LogP contribution in [0, 0.1) is 17.8 Å². The highest BCUT2D eigenvalue weighted by Gasteiger charge is 2.42. The van der Waals surface area contributed by atoms with Crippen molar-refractivity contribution >= 4 is 5.91 Å². The molecule has 2 aliphatic carbocycles. The second kappa shape index (κ2) is 4.83. The molecule has 0 aromatic carbocycles. The van der Waals surface area contributed by atoms with Crippen molar-refractivity contribution in [2.24, 2.45) is 17.8 Å². The molecule has 0 radical (unpaired) electrons. The number of aromatic nitrogens is 1. The first-order valence-corrected chi connectivity index (χ1v) is 7.13. The maximum absolute atomic E-state index is 12.1. The summed E-state index contributed by atoms with van der Waals surface area (Å²) in [5, 5.41) is 3.00. The standard InChI is InChI=1S/C15H20N2O2/c1-9(13-8-10-4-5-11(13)7-10)17-15(19)12-3-2-6-16-14(12)18/h2-3,6,9-11,13H,4-5,7-8H2,1H3,(H,16,18)(H,17,19)/t9-,10-,11-,13-/m0/s1. The third-order valence-corrected chi connectivity index (χ3v) is 4.86. The summed E-state index contributed by atoms with van der Waals surface area (Å²) in [4.78, 5) is 26.2. The lowest BCUT2D eigenvalue weighted by Crippen LogP contribution is -2.41. The molecule has 102 valence electrons. The van der Waals surface area contributed by atoms with Crippen molar-refractivity contribution < 1.29 is 4.79 Å². The van der Waals surface area contributed by atoms with E-state index in [2.05, 4.69) is 17.2 Å². The first-order chi connectivity index (χ1) is 9.15. The zero-order chi connectivity index (χ0) is 13.4. The van der Waals surface area contributed by atoms with Crippen molar-refractivity contribution in [3.63, 3.8) is 0 Å². The Morgan fingerprint density at radius 1 is 1.42 bits per heavy atom. The summed E-state index contributed by atoms with van der Waals surface area (Å²) in [6.07, 6.45) is 6.77. The van der Waals surface area contributed by atoms with E-state index in [0.29, 0.717) is 5.92 Å². The molecule has 1 heterocycles. The molecule has 2 bridgehead atoms. The molecule has 4 atom stereocenters. The second-order valence-corrected chi connectivity index (χ2v) is 6.01. The van der Waals surface area contributed by atoms with E-state index in [1.54, 1.807) is 18.3 Å². The molecule has 1 aromatic rings. The van der Waals surface area contributed by atoms with Gasteiger partial charge >= 0.3 is 0 Å². The fourth-order valence-corrected chi connectivity index (χ4v) is 3.90. The van der Waals surface area contributed by atoms with Gasteiger partial charge in [-0.25, -0.2) is 0 Å². The lowest BCUT2D eigenvalue weighted by molar-refractivity contribution is 0.0913. The Morgan fingerprint density at radius 2 is 2.26 bits per heavy atom. The van der Waals surface area contributed by atoms with Gasteiger partial charge in [0, 0.05) is 12.2 Å². The molecule has 2 fully saturated rings. The first-order valence-electron chi connectivity index (χ1n) is 7.13. The number of carbonyl (C=O) groups is 1. The number of rotatable bonds is 3. The van der Waals surface area contributed by atoms with E-state index in [1.807, 2.05) is 0 Å². The molecule has 2 N–H and O–H groups in total. The Hall–Kier alpha value is -1.58. The average molecular weight is 260 g/mol. The molecule has 2 aliphatic rings. The van der Waals surface area contributed by atoms with Gasteiger partial charge < -0.3 is 10.3 Å². The Kier molecular flexibility index (Phi) is 3.17. The van der Waals surface area contributed by atoms with Crippen LogP contribution in [-0.2, 0) is 0 Å². The quantitative estimate of drug-likeness (QED) is 0.872. The first kappa shape index (κ1) is 12.5. The lowest BCUT2D eigenvalue weighted by Gasteiger charge is -2.28. The van der Waals surface area contributed by atoms with Crippen LogP contribution < -0.4 is 10.9 Å². The lowest BCUT2D eigenvalue weighted by atomic mass is 9.84. The van der Waals surface area contributed by atoms with Crippen LogP contribution in [0.4, 0.5) is 0 Å². The van der Waals surface area contributed by atoms with E-state index in [1.165, 1.54) is 25.7 Å². The van der Waals surface area contributed by atoms with Crippen molar-refractivity contribution in [2.75, 3.05) is 0 Å². The third kappa shape index (κ3) is 2.31.